The third-order valence-corrected chi connectivity index (χ3v) is 4.50. The van der Waals surface area contributed by atoms with Crippen molar-refractivity contribution in [3.8, 4) is 17.2 Å². The average molecular weight is 373 g/mol. The summed E-state index contributed by atoms with van der Waals surface area (Å²) >= 11 is 0. The predicted octanol–water partition coefficient (Wildman–Crippen LogP) is 4.30. The number of fused-ring (bicyclic) bond motifs is 1. The number of para-hydroxylation sites is 2. The lowest BCUT2D eigenvalue weighted by Crippen LogP contribution is -2.12. The first kappa shape index (κ1) is 17.6. The van der Waals surface area contributed by atoms with Crippen LogP contribution in [0.2, 0.25) is 0 Å². The van der Waals surface area contributed by atoms with Gasteiger partial charge in [0.2, 0.25) is 0 Å². The van der Waals surface area contributed by atoms with E-state index in [9.17, 15) is 4.79 Å². The summed E-state index contributed by atoms with van der Waals surface area (Å²) in [4.78, 5) is 17.0. The molecule has 3 aromatic carbocycles. The molecule has 0 atom stereocenters. The van der Waals surface area contributed by atoms with E-state index >= 15 is 0 Å². The molecule has 4 aromatic rings. The Morgan fingerprint density at radius 1 is 0.929 bits per heavy atom. The number of aromatic nitrogens is 2. The number of hydrogen-bond acceptors (Lipinski definition) is 4. The Kier molecular flexibility index (Phi) is 4.68. The van der Waals surface area contributed by atoms with Crippen LogP contribution in [-0.2, 0) is 0 Å². The van der Waals surface area contributed by atoms with Gasteiger partial charge in [-0.05, 0) is 54.6 Å². The Bertz CT molecular complexity index is 1130. The summed E-state index contributed by atoms with van der Waals surface area (Å²) in [5.74, 6) is 0.871. The fraction of sp³-hybridized carbons (Fsp3) is 0.0909. The second-order valence-corrected chi connectivity index (χ2v) is 6.17. The number of nitrogens with zero attached hydrogens (tertiary/aromatic N) is 2. The van der Waals surface area contributed by atoms with E-state index in [0.29, 0.717) is 22.7 Å². The van der Waals surface area contributed by atoms with Crippen molar-refractivity contribution in [2.24, 2.45) is 0 Å². The van der Waals surface area contributed by atoms with E-state index in [0.717, 1.165) is 16.7 Å². The molecule has 0 aliphatic heterocycles. The Morgan fingerprint density at radius 3 is 2.43 bits per heavy atom. The number of carbonyl (C=O) groups is 1. The maximum atomic E-state index is 12.5. The zero-order chi connectivity index (χ0) is 19.5. The van der Waals surface area contributed by atoms with Crippen LogP contribution in [0.15, 0.2) is 73.1 Å². The molecule has 28 heavy (non-hydrogen) atoms. The van der Waals surface area contributed by atoms with Gasteiger partial charge in [0.1, 0.15) is 6.33 Å². The van der Waals surface area contributed by atoms with Crippen LogP contribution in [-0.4, -0.2) is 29.7 Å². The van der Waals surface area contributed by atoms with Gasteiger partial charge in [-0.25, -0.2) is 4.98 Å². The van der Waals surface area contributed by atoms with Crippen molar-refractivity contribution < 1.29 is 14.3 Å². The number of imidazole rings is 1. The van der Waals surface area contributed by atoms with E-state index in [2.05, 4.69) is 10.3 Å². The molecule has 0 saturated heterocycles. The third kappa shape index (κ3) is 3.27. The lowest BCUT2D eigenvalue weighted by atomic mass is 10.1. The second kappa shape index (κ2) is 7.44. The topological polar surface area (TPSA) is 65.4 Å². The Morgan fingerprint density at radius 2 is 1.68 bits per heavy atom. The van der Waals surface area contributed by atoms with Gasteiger partial charge in [0, 0.05) is 16.9 Å². The SMILES string of the molecule is COc1ccc(C(=O)Nc2ccc(-n3cnc4ccccc43)cc2)cc1OC. The van der Waals surface area contributed by atoms with Gasteiger partial charge >= 0.3 is 0 Å². The fourth-order valence-corrected chi connectivity index (χ4v) is 3.05. The Labute approximate surface area is 162 Å². The van der Waals surface area contributed by atoms with Gasteiger partial charge in [0.25, 0.3) is 5.91 Å². The van der Waals surface area contributed by atoms with Crippen LogP contribution >= 0.6 is 0 Å². The van der Waals surface area contributed by atoms with Crippen LogP contribution in [0.1, 0.15) is 10.4 Å². The molecule has 0 spiro atoms. The molecule has 0 radical (unpaired) electrons. The number of carbonyl (C=O) groups excluding carboxylic acids is 1. The summed E-state index contributed by atoms with van der Waals surface area (Å²) < 4.78 is 12.5. The van der Waals surface area contributed by atoms with E-state index in [1.54, 1.807) is 31.6 Å². The molecule has 0 aliphatic rings. The number of anilines is 1. The maximum absolute atomic E-state index is 12.5. The largest absolute Gasteiger partial charge is 0.493 e. The molecule has 140 valence electrons. The molecule has 0 saturated carbocycles. The summed E-state index contributed by atoms with van der Waals surface area (Å²) in [6.07, 6.45) is 1.79. The molecule has 1 aromatic heterocycles. The van der Waals surface area contributed by atoms with Gasteiger partial charge in [0.15, 0.2) is 11.5 Å². The van der Waals surface area contributed by atoms with E-state index in [4.69, 9.17) is 9.47 Å². The highest BCUT2D eigenvalue weighted by Crippen LogP contribution is 2.28. The van der Waals surface area contributed by atoms with E-state index in [1.807, 2.05) is 53.1 Å². The third-order valence-electron chi connectivity index (χ3n) is 4.50. The number of nitrogens with one attached hydrogen (secondary N) is 1. The van der Waals surface area contributed by atoms with Gasteiger partial charge < -0.3 is 14.8 Å². The van der Waals surface area contributed by atoms with Gasteiger partial charge in [-0.15, -0.1) is 0 Å². The quantitative estimate of drug-likeness (QED) is 0.567. The molecule has 0 fully saturated rings. The molecule has 1 heterocycles. The normalized spacial score (nSPS) is 10.6. The molecule has 0 bridgehead atoms. The molecular weight excluding hydrogens is 354 g/mol. The van der Waals surface area contributed by atoms with E-state index in [1.165, 1.54) is 7.11 Å². The van der Waals surface area contributed by atoms with Crippen molar-refractivity contribution in [2.75, 3.05) is 19.5 Å². The number of amides is 1. The van der Waals surface area contributed by atoms with Crippen LogP contribution in [0.4, 0.5) is 5.69 Å². The molecular formula is C22H19N3O3. The number of methoxy groups -OCH3 is 2. The first-order valence-corrected chi connectivity index (χ1v) is 8.75. The minimum atomic E-state index is -0.221. The molecule has 4 rings (SSSR count). The standard InChI is InChI=1S/C22H19N3O3/c1-27-20-12-7-15(13-21(20)28-2)22(26)24-16-8-10-17(11-9-16)25-14-23-18-5-3-4-6-19(18)25/h3-14H,1-2H3,(H,24,26). The predicted molar refractivity (Wildman–Crippen MR) is 109 cm³/mol. The van der Waals surface area contributed by atoms with E-state index in [-0.39, 0.29) is 5.91 Å². The molecule has 6 nitrogen and oxygen atoms in total. The molecule has 1 amide bonds. The molecule has 0 unspecified atom stereocenters. The summed E-state index contributed by atoms with van der Waals surface area (Å²) in [6, 6.07) is 20.6. The highest BCUT2D eigenvalue weighted by Gasteiger charge is 2.11. The van der Waals surface area contributed by atoms with Crippen LogP contribution in [0.3, 0.4) is 0 Å². The van der Waals surface area contributed by atoms with Crippen molar-refractivity contribution in [1.29, 1.82) is 0 Å². The lowest BCUT2D eigenvalue weighted by Gasteiger charge is -2.11. The first-order chi connectivity index (χ1) is 13.7. The average Bonchev–Trinajstić information content (AvgIpc) is 3.18. The second-order valence-electron chi connectivity index (χ2n) is 6.17. The van der Waals surface area contributed by atoms with Crippen LogP contribution < -0.4 is 14.8 Å². The smallest absolute Gasteiger partial charge is 0.255 e. The summed E-state index contributed by atoms with van der Waals surface area (Å²) in [5.41, 5.74) is 4.13. The zero-order valence-electron chi connectivity index (χ0n) is 15.5. The van der Waals surface area contributed by atoms with Crippen LogP contribution in [0.25, 0.3) is 16.7 Å². The highest BCUT2D eigenvalue weighted by molar-refractivity contribution is 6.04. The van der Waals surface area contributed by atoms with Crippen LogP contribution in [0, 0.1) is 0 Å². The van der Waals surface area contributed by atoms with Gasteiger partial charge in [-0.2, -0.15) is 0 Å². The molecule has 6 heteroatoms. The maximum Gasteiger partial charge on any atom is 0.255 e. The van der Waals surface area contributed by atoms with Crippen molar-refractivity contribution in [2.45, 2.75) is 0 Å². The summed E-state index contributed by atoms with van der Waals surface area (Å²) in [7, 11) is 3.10. The van der Waals surface area contributed by atoms with Crippen molar-refractivity contribution >= 4 is 22.6 Å². The zero-order valence-corrected chi connectivity index (χ0v) is 15.5. The van der Waals surface area contributed by atoms with Gasteiger partial charge in [-0.3, -0.25) is 9.36 Å². The summed E-state index contributed by atoms with van der Waals surface area (Å²) in [6.45, 7) is 0. The number of ether oxygens (including phenoxy) is 2. The minimum Gasteiger partial charge on any atom is -0.493 e. The molecule has 1 N–H and O–H groups in total. The van der Waals surface area contributed by atoms with E-state index < -0.39 is 0 Å². The fourth-order valence-electron chi connectivity index (χ4n) is 3.05. The highest BCUT2D eigenvalue weighted by atomic mass is 16.5. The van der Waals surface area contributed by atoms with Gasteiger partial charge in [0.05, 0.1) is 25.3 Å². The minimum absolute atomic E-state index is 0.221. The van der Waals surface area contributed by atoms with Crippen molar-refractivity contribution in [3.05, 3.63) is 78.6 Å². The Hall–Kier alpha value is -3.80. The lowest BCUT2D eigenvalue weighted by molar-refractivity contribution is 0.102. The van der Waals surface area contributed by atoms with Gasteiger partial charge in [-0.1, -0.05) is 12.1 Å². The Balaban J connectivity index is 1.54. The van der Waals surface area contributed by atoms with Crippen molar-refractivity contribution in [1.82, 2.24) is 9.55 Å². The van der Waals surface area contributed by atoms with Crippen molar-refractivity contribution in [3.63, 3.8) is 0 Å². The molecule has 0 aliphatic carbocycles. The number of benzene rings is 3. The summed E-state index contributed by atoms with van der Waals surface area (Å²) in [5, 5.41) is 2.90. The number of hydrogen-bond donors (Lipinski definition) is 1. The first-order valence-electron chi connectivity index (χ1n) is 8.75. The number of rotatable bonds is 5. The van der Waals surface area contributed by atoms with Crippen LogP contribution in [0.5, 0.6) is 11.5 Å². The monoisotopic (exact) mass is 373 g/mol.